The second-order valence-corrected chi connectivity index (χ2v) is 8.07. The van der Waals surface area contributed by atoms with Crippen LogP contribution in [0.5, 0.6) is 0 Å². The smallest absolute Gasteiger partial charge is 0.247 e. The molecule has 1 aliphatic rings. The molecule has 1 atom stereocenters. The van der Waals surface area contributed by atoms with E-state index in [9.17, 15) is 4.79 Å². The van der Waals surface area contributed by atoms with Gasteiger partial charge in [-0.05, 0) is 46.9 Å². The lowest BCUT2D eigenvalue weighted by atomic mass is 10.0. The van der Waals surface area contributed by atoms with Crippen LogP contribution in [0, 0.1) is 5.92 Å². The molecule has 0 fully saturated rings. The highest BCUT2D eigenvalue weighted by Crippen LogP contribution is 2.31. The van der Waals surface area contributed by atoms with Crippen LogP contribution in [0.3, 0.4) is 0 Å². The quantitative estimate of drug-likeness (QED) is 0.510. The zero-order valence-corrected chi connectivity index (χ0v) is 16.7. The summed E-state index contributed by atoms with van der Waals surface area (Å²) in [5, 5.41) is 18.3. The number of benzene rings is 2. The van der Waals surface area contributed by atoms with Gasteiger partial charge in [0.05, 0.1) is 11.7 Å². The summed E-state index contributed by atoms with van der Waals surface area (Å²) in [7, 11) is 0. The van der Waals surface area contributed by atoms with Gasteiger partial charge in [-0.1, -0.05) is 31.5 Å². The Bertz CT molecular complexity index is 1010. The average molecular weight is 398 g/mol. The van der Waals surface area contributed by atoms with Gasteiger partial charge in [-0.25, -0.2) is 0 Å². The van der Waals surface area contributed by atoms with Gasteiger partial charge >= 0.3 is 0 Å². The summed E-state index contributed by atoms with van der Waals surface area (Å²) < 4.78 is 0. The molecule has 146 valence electrons. The maximum atomic E-state index is 13.1. The summed E-state index contributed by atoms with van der Waals surface area (Å²) in [5.74, 6) is 0.279. The number of halogens is 1. The van der Waals surface area contributed by atoms with Crippen molar-refractivity contribution in [1.82, 2.24) is 20.8 Å². The Morgan fingerprint density at radius 3 is 2.86 bits per heavy atom. The molecule has 2 heterocycles. The van der Waals surface area contributed by atoms with Gasteiger partial charge < -0.3 is 16.0 Å². The van der Waals surface area contributed by atoms with E-state index in [0.29, 0.717) is 17.5 Å². The average Bonchev–Trinajstić information content (AvgIpc) is 3.32. The van der Waals surface area contributed by atoms with Crippen molar-refractivity contribution in [2.75, 3.05) is 11.9 Å². The first-order valence-electron chi connectivity index (χ1n) is 9.50. The highest BCUT2D eigenvalue weighted by atomic mass is 35.5. The normalized spacial score (nSPS) is 14.3. The van der Waals surface area contributed by atoms with Crippen molar-refractivity contribution >= 4 is 34.1 Å². The van der Waals surface area contributed by atoms with E-state index in [4.69, 9.17) is 11.6 Å². The van der Waals surface area contributed by atoms with Crippen LogP contribution in [0.4, 0.5) is 5.69 Å². The Kier molecular flexibility index (Phi) is 5.24. The van der Waals surface area contributed by atoms with E-state index in [1.165, 1.54) is 11.1 Å². The highest BCUT2D eigenvalue weighted by Gasteiger charge is 2.24. The lowest BCUT2D eigenvalue weighted by Crippen LogP contribution is -2.35. The van der Waals surface area contributed by atoms with Crippen molar-refractivity contribution in [3.05, 3.63) is 58.2 Å². The monoisotopic (exact) mass is 397 g/mol. The maximum Gasteiger partial charge on any atom is 0.247 e. The lowest BCUT2D eigenvalue weighted by molar-refractivity contribution is -0.122. The summed E-state index contributed by atoms with van der Waals surface area (Å²) in [6, 6.07) is 9.30. The SMILES string of the molecule is CC(C)CNC(=O)[C@H](Nc1ccc2c(c1)CNC2)c1cc(Cl)cc2[nH]ncc12. The van der Waals surface area contributed by atoms with Gasteiger partial charge in [0.25, 0.3) is 0 Å². The predicted molar refractivity (Wildman–Crippen MR) is 112 cm³/mol. The minimum absolute atomic E-state index is 0.0860. The van der Waals surface area contributed by atoms with Crippen LogP contribution in [0.1, 0.15) is 36.6 Å². The van der Waals surface area contributed by atoms with Gasteiger partial charge in [0, 0.05) is 35.7 Å². The second kappa shape index (κ2) is 7.81. The standard InChI is InChI=1S/C21H24ClN5O/c1-12(2)8-24-21(28)20(17-6-15(22)7-19-18(17)11-25-27-19)26-16-4-3-13-9-23-10-14(13)5-16/h3-7,11-12,20,23,26H,8-10H2,1-2H3,(H,24,28)(H,25,27)/t20-/m1/s1. The van der Waals surface area contributed by atoms with E-state index in [1.807, 2.05) is 18.2 Å². The van der Waals surface area contributed by atoms with Crippen LogP contribution in [-0.4, -0.2) is 22.6 Å². The van der Waals surface area contributed by atoms with E-state index in [-0.39, 0.29) is 5.91 Å². The number of aromatic amines is 1. The number of carbonyl (C=O) groups excluding carboxylic acids is 1. The van der Waals surface area contributed by atoms with Crippen LogP contribution in [0.25, 0.3) is 10.9 Å². The third-order valence-electron chi connectivity index (χ3n) is 4.96. The molecule has 0 spiro atoms. The van der Waals surface area contributed by atoms with Gasteiger partial charge in [-0.3, -0.25) is 9.89 Å². The number of hydrogen-bond donors (Lipinski definition) is 4. The molecule has 0 aliphatic carbocycles. The maximum absolute atomic E-state index is 13.1. The van der Waals surface area contributed by atoms with Crippen LogP contribution < -0.4 is 16.0 Å². The van der Waals surface area contributed by atoms with Gasteiger partial charge in [-0.15, -0.1) is 0 Å². The van der Waals surface area contributed by atoms with Crippen LogP contribution in [0.2, 0.25) is 5.02 Å². The van der Waals surface area contributed by atoms with Gasteiger partial charge in [-0.2, -0.15) is 5.10 Å². The Hall–Kier alpha value is -2.57. The van der Waals surface area contributed by atoms with Crippen LogP contribution in [0.15, 0.2) is 36.5 Å². The summed E-state index contributed by atoms with van der Waals surface area (Å²) in [4.78, 5) is 13.1. The fourth-order valence-corrected chi connectivity index (χ4v) is 3.75. The number of nitrogens with one attached hydrogen (secondary N) is 4. The second-order valence-electron chi connectivity index (χ2n) is 7.63. The van der Waals surface area contributed by atoms with Crippen molar-refractivity contribution in [3.63, 3.8) is 0 Å². The van der Waals surface area contributed by atoms with E-state index in [0.717, 1.165) is 35.2 Å². The molecular weight excluding hydrogens is 374 g/mol. The minimum atomic E-state index is -0.579. The first-order valence-corrected chi connectivity index (χ1v) is 9.88. The molecule has 4 N–H and O–H groups in total. The number of aromatic nitrogens is 2. The Morgan fingerprint density at radius 1 is 1.21 bits per heavy atom. The number of nitrogens with zero attached hydrogens (tertiary/aromatic N) is 1. The first kappa shape index (κ1) is 18.8. The first-order chi connectivity index (χ1) is 13.5. The number of anilines is 1. The van der Waals surface area contributed by atoms with E-state index < -0.39 is 6.04 Å². The zero-order valence-electron chi connectivity index (χ0n) is 16.0. The molecule has 1 aliphatic heterocycles. The minimum Gasteiger partial charge on any atom is -0.370 e. The molecule has 0 radical (unpaired) electrons. The molecule has 1 amide bonds. The summed E-state index contributed by atoms with van der Waals surface area (Å²) in [6.45, 7) is 6.49. The Labute approximate surface area is 169 Å². The summed E-state index contributed by atoms with van der Waals surface area (Å²) >= 11 is 6.32. The molecule has 1 aromatic heterocycles. The highest BCUT2D eigenvalue weighted by molar-refractivity contribution is 6.31. The largest absolute Gasteiger partial charge is 0.370 e. The molecule has 0 saturated carbocycles. The lowest BCUT2D eigenvalue weighted by Gasteiger charge is -2.22. The molecule has 2 aromatic carbocycles. The third-order valence-corrected chi connectivity index (χ3v) is 5.18. The van der Waals surface area contributed by atoms with Crippen molar-refractivity contribution in [2.24, 2.45) is 5.92 Å². The number of carbonyl (C=O) groups is 1. The molecule has 3 aromatic rings. The van der Waals surface area contributed by atoms with Gasteiger partial charge in [0.2, 0.25) is 5.91 Å². The molecular formula is C21H24ClN5O. The van der Waals surface area contributed by atoms with Gasteiger partial charge in [0.1, 0.15) is 6.04 Å². The molecule has 0 saturated heterocycles. The molecule has 4 rings (SSSR count). The molecule has 0 bridgehead atoms. The predicted octanol–water partition coefficient (Wildman–Crippen LogP) is 3.74. The number of fused-ring (bicyclic) bond motifs is 2. The zero-order chi connectivity index (χ0) is 19.7. The Morgan fingerprint density at radius 2 is 2.04 bits per heavy atom. The fourth-order valence-electron chi connectivity index (χ4n) is 3.52. The van der Waals surface area contributed by atoms with Crippen molar-refractivity contribution in [1.29, 1.82) is 0 Å². The number of H-pyrrole nitrogens is 1. The fraction of sp³-hybridized carbons (Fsp3) is 0.333. The molecule has 7 heteroatoms. The number of hydrogen-bond acceptors (Lipinski definition) is 4. The van der Waals surface area contributed by atoms with Crippen LogP contribution in [-0.2, 0) is 17.9 Å². The number of amides is 1. The summed E-state index contributed by atoms with van der Waals surface area (Å²) in [6.07, 6.45) is 1.73. The van der Waals surface area contributed by atoms with Gasteiger partial charge in [0.15, 0.2) is 0 Å². The third kappa shape index (κ3) is 3.84. The molecule has 28 heavy (non-hydrogen) atoms. The Balaban J connectivity index is 1.71. The molecule has 0 unspecified atom stereocenters. The van der Waals surface area contributed by atoms with E-state index in [1.54, 1.807) is 6.20 Å². The van der Waals surface area contributed by atoms with Crippen molar-refractivity contribution in [3.8, 4) is 0 Å². The van der Waals surface area contributed by atoms with Crippen LogP contribution >= 0.6 is 11.6 Å². The molecule has 6 nitrogen and oxygen atoms in total. The number of rotatable bonds is 6. The summed E-state index contributed by atoms with van der Waals surface area (Å²) in [5.41, 5.74) is 5.07. The topological polar surface area (TPSA) is 81.8 Å². The van der Waals surface area contributed by atoms with Crippen molar-refractivity contribution < 1.29 is 4.79 Å². The van der Waals surface area contributed by atoms with E-state index >= 15 is 0 Å². The van der Waals surface area contributed by atoms with Crippen molar-refractivity contribution in [2.45, 2.75) is 33.0 Å². The van der Waals surface area contributed by atoms with E-state index in [2.05, 4.69) is 52.1 Å².